The number of hydrogen-bond acceptors (Lipinski definition) is 2. The summed E-state index contributed by atoms with van der Waals surface area (Å²) in [6, 6.07) is 8.38. The highest BCUT2D eigenvalue weighted by atomic mass is 16.2. The smallest absolute Gasteiger partial charge is 0.228 e. The van der Waals surface area contributed by atoms with E-state index in [1.54, 1.807) is 0 Å². The second kappa shape index (κ2) is 6.32. The summed E-state index contributed by atoms with van der Waals surface area (Å²) in [4.78, 5) is 16.3. The van der Waals surface area contributed by atoms with E-state index in [9.17, 15) is 4.79 Å². The van der Waals surface area contributed by atoms with E-state index in [1.807, 2.05) is 4.90 Å². The van der Waals surface area contributed by atoms with Crippen molar-refractivity contribution in [3.05, 3.63) is 29.8 Å². The minimum absolute atomic E-state index is 0.0607. The Kier molecular flexibility index (Phi) is 4.26. The van der Waals surface area contributed by atoms with Crippen molar-refractivity contribution < 1.29 is 4.79 Å². The minimum atomic E-state index is 0.0607. The van der Waals surface area contributed by atoms with Crippen LogP contribution in [0.25, 0.3) is 0 Å². The van der Waals surface area contributed by atoms with Crippen molar-refractivity contribution in [3.63, 3.8) is 0 Å². The van der Waals surface area contributed by atoms with Gasteiger partial charge in [0.25, 0.3) is 0 Å². The zero-order valence-corrected chi connectivity index (χ0v) is 12.4. The Balaban J connectivity index is 1.64. The summed E-state index contributed by atoms with van der Waals surface area (Å²) in [6.07, 6.45) is 9.90. The lowest BCUT2D eigenvalue weighted by Gasteiger charge is -2.26. The molecule has 1 atom stereocenters. The Bertz CT molecular complexity index is 537. The number of nitrogens with zero attached hydrogens (tertiary/aromatic N) is 2. The number of anilines is 1. The Morgan fingerprint density at radius 3 is 2.48 bits per heavy atom. The Morgan fingerprint density at radius 1 is 1.14 bits per heavy atom. The van der Waals surface area contributed by atoms with Gasteiger partial charge in [-0.3, -0.25) is 9.69 Å². The van der Waals surface area contributed by atoms with Gasteiger partial charge in [-0.25, -0.2) is 0 Å². The molecule has 1 amide bonds. The third-order valence-corrected chi connectivity index (χ3v) is 4.46. The monoisotopic (exact) mass is 282 g/mol. The molecular weight excluding hydrogens is 260 g/mol. The van der Waals surface area contributed by atoms with Gasteiger partial charge in [-0.1, -0.05) is 18.6 Å². The third kappa shape index (κ3) is 3.28. The van der Waals surface area contributed by atoms with E-state index in [0.29, 0.717) is 13.0 Å². The lowest BCUT2D eigenvalue weighted by Crippen LogP contribution is -2.29. The number of amides is 1. The van der Waals surface area contributed by atoms with Crippen LogP contribution in [0.15, 0.2) is 24.3 Å². The number of benzene rings is 1. The predicted octanol–water partition coefficient (Wildman–Crippen LogP) is 2.66. The van der Waals surface area contributed by atoms with Gasteiger partial charge >= 0.3 is 0 Å². The van der Waals surface area contributed by atoms with Gasteiger partial charge in [0, 0.05) is 31.1 Å². The molecule has 2 heterocycles. The highest BCUT2D eigenvalue weighted by Gasteiger charge is 2.29. The summed E-state index contributed by atoms with van der Waals surface area (Å²) in [5, 5.41) is 0. The van der Waals surface area contributed by atoms with E-state index < -0.39 is 0 Å². The van der Waals surface area contributed by atoms with Crippen LogP contribution in [0.2, 0.25) is 0 Å². The summed E-state index contributed by atoms with van der Waals surface area (Å²) in [5.74, 6) is 2.89. The molecule has 0 saturated carbocycles. The first-order chi connectivity index (χ1) is 10.3. The molecule has 3 nitrogen and oxygen atoms in total. The standard InChI is InChI=1S/C18H22N2O/c1-2-15-12-18(21)20(14-15)17-8-6-16(7-9-17)13-19-10-4-3-5-11-19/h1,6-9,15H,3-5,10-14H2. The van der Waals surface area contributed by atoms with Crippen molar-refractivity contribution >= 4 is 11.6 Å². The van der Waals surface area contributed by atoms with Gasteiger partial charge in [0.2, 0.25) is 5.91 Å². The lowest BCUT2D eigenvalue weighted by molar-refractivity contribution is -0.117. The molecule has 2 aliphatic rings. The first-order valence-corrected chi connectivity index (χ1v) is 7.84. The third-order valence-electron chi connectivity index (χ3n) is 4.46. The van der Waals surface area contributed by atoms with Crippen LogP contribution in [-0.4, -0.2) is 30.4 Å². The molecule has 2 aliphatic heterocycles. The van der Waals surface area contributed by atoms with Crippen molar-refractivity contribution in [2.75, 3.05) is 24.5 Å². The number of hydrogen-bond donors (Lipinski definition) is 0. The second-order valence-corrected chi connectivity index (χ2v) is 6.08. The average molecular weight is 282 g/mol. The van der Waals surface area contributed by atoms with Crippen LogP contribution in [0.1, 0.15) is 31.2 Å². The van der Waals surface area contributed by atoms with Crippen LogP contribution in [0.4, 0.5) is 5.69 Å². The molecule has 0 N–H and O–H groups in total. The fraction of sp³-hybridized carbons (Fsp3) is 0.500. The van der Waals surface area contributed by atoms with Crippen molar-refractivity contribution in [2.45, 2.75) is 32.2 Å². The first-order valence-electron chi connectivity index (χ1n) is 7.84. The molecule has 1 unspecified atom stereocenters. The van der Waals surface area contributed by atoms with E-state index in [2.05, 4.69) is 35.1 Å². The molecule has 1 aromatic rings. The van der Waals surface area contributed by atoms with Crippen LogP contribution in [0, 0.1) is 18.3 Å². The van der Waals surface area contributed by atoms with Gasteiger partial charge in [-0.2, -0.15) is 0 Å². The van der Waals surface area contributed by atoms with Crippen molar-refractivity contribution in [2.24, 2.45) is 5.92 Å². The second-order valence-electron chi connectivity index (χ2n) is 6.08. The molecule has 3 rings (SSSR count). The van der Waals surface area contributed by atoms with E-state index in [0.717, 1.165) is 12.2 Å². The summed E-state index contributed by atoms with van der Waals surface area (Å²) < 4.78 is 0. The predicted molar refractivity (Wildman–Crippen MR) is 84.9 cm³/mol. The van der Waals surface area contributed by atoms with Gasteiger partial charge in [0.1, 0.15) is 0 Å². The zero-order valence-electron chi connectivity index (χ0n) is 12.4. The van der Waals surface area contributed by atoms with E-state index in [4.69, 9.17) is 6.42 Å². The summed E-state index contributed by atoms with van der Waals surface area (Å²) in [7, 11) is 0. The van der Waals surface area contributed by atoms with Gasteiger partial charge < -0.3 is 4.90 Å². The minimum Gasteiger partial charge on any atom is -0.311 e. The highest BCUT2D eigenvalue weighted by Crippen LogP contribution is 2.25. The molecule has 0 spiro atoms. The molecule has 110 valence electrons. The van der Waals surface area contributed by atoms with Gasteiger partial charge in [-0.15, -0.1) is 12.3 Å². The van der Waals surface area contributed by atoms with Gasteiger partial charge in [-0.05, 0) is 43.6 Å². The van der Waals surface area contributed by atoms with E-state index in [1.165, 1.54) is 37.9 Å². The van der Waals surface area contributed by atoms with Crippen LogP contribution in [0.3, 0.4) is 0 Å². The van der Waals surface area contributed by atoms with Gasteiger partial charge in [0.15, 0.2) is 0 Å². The molecule has 21 heavy (non-hydrogen) atoms. The van der Waals surface area contributed by atoms with Crippen LogP contribution < -0.4 is 4.90 Å². The maximum atomic E-state index is 12.0. The van der Waals surface area contributed by atoms with Crippen LogP contribution in [-0.2, 0) is 11.3 Å². The van der Waals surface area contributed by atoms with Crippen molar-refractivity contribution in [3.8, 4) is 12.3 Å². The number of likely N-dealkylation sites (tertiary alicyclic amines) is 1. The molecule has 3 heteroatoms. The fourth-order valence-electron chi connectivity index (χ4n) is 3.23. The number of terminal acetylenes is 1. The topological polar surface area (TPSA) is 23.6 Å². The maximum absolute atomic E-state index is 12.0. The summed E-state index contributed by atoms with van der Waals surface area (Å²) >= 11 is 0. The highest BCUT2D eigenvalue weighted by molar-refractivity contribution is 5.96. The number of rotatable bonds is 3. The quantitative estimate of drug-likeness (QED) is 0.796. The molecule has 2 saturated heterocycles. The first kappa shape index (κ1) is 14.2. The molecule has 0 radical (unpaired) electrons. The largest absolute Gasteiger partial charge is 0.311 e. The molecule has 0 aliphatic carbocycles. The molecule has 1 aromatic carbocycles. The normalized spacial score (nSPS) is 23.3. The zero-order chi connectivity index (χ0) is 14.7. The van der Waals surface area contributed by atoms with Crippen LogP contribution in [0.5, 0.6) is 0 Å². The van der Waals surface area contributed by atoms with E-state index in [-0.39, 0.29) is 11.8 Å². The average Bonchev–Trinajstić information content (AvgIpc) is 2.90. The lowest BCUT2D eigenvalue weighted by atomic mass is 10.1. The molecule has 0 bridgehead atoms. The molecular formula is C18H22N2O. The fourth-order valence-corrected chi connectivity index (χ4v) is 3.23. The summed E-state index contributed by atoms with van der Waals surface area (Å²) in [5.41, 5.74) is 2.29. The van der Waals surface area contributed by atoms with Gasteiger partial charge in [0.05, 0.1) is 0 Å². The summed E-state index contributed by atoms with van der Waals surface area (Å²) in [6.45, 7) is 4.08. The van der Waals surface area contributed by atoms with E-state index >= 15 is 0 Å². The SMILES string of the molecule is C#CC1CC(=O)N(c2ccc(CN3CCCCC3)cc2)C1. The Morgan fingerprint density at radius 2 is 1.86 bits per heavy atom. The number of piperidine rings is 1. The van der Waals surface area contributed by atoms with Crippen molar-refractivity contribution in [1.82, 2.24) is 4.90 Å². The number of carbonyl (C=O) groups is 1. The Hall–Kier alpha value is -1.79. The Labute approximate surface area is 126 Å². The van der Waals surface area contributed by atoms with Crippen molar-refractivity contribution in [1.29, 1.82) is 0 Å². The molecule has 0 aromatic heterocycles. The van der Waals surface area contributed by atoms with Crippen LogP contribution >= 0.6 is 0 Å². The maximum Gasteiger partial charge on any atom is 0.228 e. The number of carbonyl (C=O) groups excluding carboxylic acids is 1. The molecule has 2 fully saturated rings.